The summed E-state index contributed by atoms with van der Waals surface area (Å²) in [6.45, 7) is 1.24. The Morgan fingerprint density at radius 3 is 2.74 bits per heavy atom. The largest absolute Gasteiger partial charge is 0.467 e. The third kappa shape index (κ3) is 3.44. The van der Waals surface area contributed by atoms with Crippen molar-refractivity contribution in [2.75, 3.05) is 25.6 Å². The summed E-state index contributed by atoms with van der Waals surface area (Å²) in [4.78, 5) is 11.9. The Hall–Kier alpha value is -1.62. The molecule has 1 aromatic carbocycles. The third-order valence-corrected chi connectivity index (χ3v) is 3.38. The molecule has 0 saturated carbocycles. The van der Waals surface area contributed by atoms with Crippen LogP contribution in [0.5, 0.6) is 0 Å². The molecule has 1 atom stereocenters. The molecule has 1 fully saturated rings. The van der Waals surface area contributed by atoms with Crippen LogP contribution in [0.1, 0.15) is 12.8 Å². The van der Waals surface area contributed by atoms with E-state index < -0.39 is 6.04 Å². The Morgan fingerprint density at radius 1 is 1.42 bits per heavy atom. The Labute approximate surface area is 111 Å². The number of halogens is 1. The predicted molar refractivity (Wildman–Crippen MR) is 69.4 cm³/mol. The highest BCUT2D eigenvalue weighted by Gasteiger charge is 2.31. The van der Waals surface area contributed by atoms with Gasteiger partial charge in [-0.2, -0.15) is 0 Å². The first kappa shape index (κ1) is 13.8. The van der Waals surface area contributed by atoms with Crippen molar-refractivity contribution < 1.29 is 18.7 Å². The van der Waals surface area contributed by atoms with Crippen LogP contribution in [-0.2, 0) is 14.3 Å². The van der Waals surface area contributed by atoms with E-state index in [2.05, 4.69) is 5.32 Å². The van der Waals surface area contributed by atoms with Gasteiger partial charge in [-0.3, -0.25) is 0 Å². The molecule has 2 rings (SSSR count). The summed E-state index contributed by atoms with van der Waals surface area (Å²) in [6.07, 6.45) is 1.53. The number of benzene rings is 1. The van der Waals surface area contributed by atoms with Crippen molar-refractivity contribution in [3.63, 3.8) is 0 Å². The predicted octanol–water partition coefficient (Wildman–Crippen LogP) is 2.21. The minimum Gasteiger partial charge on any atom is -0.467 e. The van der Waals surface area contributed by atoms with Gasteiger partial charge >= 0.3 is 5.97 Å². The lowest BCUT2D eigenvalue weighted by molar-refractivity contribution is -0.143. The van der Waals surface area contributed by atoms with E-state index >= 15 is 0 Å². The van der Waals surface area contributed by atoms with E-state index in [-0.39, 0.29) is 17.7 Å². The van der Waals surface area contributed by atoms with Crippen molar-refractivity contribution in [3.05, 3.63) is 30.1 Å². The van der Waals surface area contributed by atoms with Crippen LogP contribution in [0.25, 0.3) is 0 Å². The molecule has 0 aromatic heterocycles. The van der Waals surface area contributed by atoms with Crippen LogP contribution in [0.15, 0.2) is 24.3 Å². The normalized spacial score (nSPS) is 17.8. The first-order valence-corrected chi connectivity index (χ1v) is 6.39. The van der Waals surface area contributed by atoms with Gasteiger partial charge < -0.3 is 14.8 Å². The minimum absolute atomic E-state index is 0.0980. The van der Waals surface area contributed by atoms with E-state index in [0.29, 0.717) is 18.9 Å². The molecule has 104 valence electrons. The molecule has 0 bridgehead atoms. The number of hydrogen-bond acceptors (Lipinski definition) is 4. The lowest BCUT2D eigenvalue weighted by atomic mass is 9.91. The average molecular weight is 267 g/mol. The molecule has 0 spiro atoms. The molecule has 0 amide bonds. The molecule has 1 N–H and O–H groups in total. The molecule has 0 radical (unpaired) electrons. The van der Waals surface area contributed by atoms with Crippen molar-refractivity contribution in [3.8, 4) is 0 Å². The monoisotopic (exact) mass is 267 g/mol. The van der Waals surface area contributed by atoms with E-state index in [1.54, 1.807) is 18.2 Å². The van der Waals surface area contributed by atoms with Gasteiger partial charge in [0.25, 0.3) is 0 Å². The summed E-state index contributed by atoms with van der Waals surface area (Å²) in [6, 6.07) is 5.78. The van der Waals surface area contributed by atoms with E-state index in [9.17, 15) is 9.18 Å². The molecule has 4 nitrogen and oxygen atoms in total. The minimum atomic E-state index is -0.536. The van der Waals surface area contributed by atoms with Crippen LogP contribution >= 0.6 is 0 Å². The van der Waals surface area contributed by atoms with Crippen LogP contribution in [0.2, 0.25) is 0 Å². The second kappa shape index (κ2) is 6.52. The van der Waals surface area contributed by atoms with E-state index in [0.717, 1.165) is 12.8 Å². The van der Waals surface area contributed by atoms with Crippen LogP contribution in [0, 0.1) is 11.7 Å². The highest BCUT2D eigenvalue weighted by Crippen LogP contribution is 2.24. The zero-order valence-corrected chi connectivity index (χ0v) is 10.9. The summed E-state index contributed by atoms with van der Waals surface area (Å²) in [5, 5.41) is 2.96. The number of hydrogen-bond donors (Lipinski definition) is 1. The number of methoxy groups -OCH3 is 1. The highest BCUT2D eigenvalue weighted by molar-refractivity contribution is 5.79. The fourth-order valence-electron chi connectivity index (χ4n) is 2.29. The Bertz CT molecular complexity index is 432. The number of para-hydroxylation sites is 1. The smallest absolute Gasteiger partial charge is 0.328 e. The molecule has 1 unspecified atom stereocenters. The van der Waals surface area contributed by atoms with E-state index in [4.69, 9.17) is 9.47 Å². The average Bonchev–Trinajstić information content (AvgIpc) is 2.46. The molecule has 1 aromatic rings. The van der Waals surface area contributed by atoms with Crippen LogP contribution in [0.4, 0.5) is 10.1 Å². The lowest BCUT2D eigenvalue weighted by Crippen LogP contribution is -2.40. The Balaban J connectivity index is 2.13. The molecular formula is C14H18FNO3. The zero-order valence-electron chi connectivity index (χ0n) is 10.9. The van der Waals surface area contributed by atoms with Gasteiger partial charge in [-0.25, -0.2) is 9.18 Å². The molecule has 19 heavy (non-hydrogen) atoms. The van der Waals surface area contributed by atoms with Crippen molar-refractivity contribution >= 4 is 11.7 Å². The third-order valence-electron chi connectivity index (χ3n) is 3.38. The fraction of sp³-hybridized carbons (Fsp3) is 0.500. The van der Waals surface area contributed by atoms with Gasteiger partial charge in [0.15, 0.2) is 0 Å². The second-order valence-corrected chi connectivity index (χ2v) is 4.57. The van der Waals surface area contributed by atoms with E-state index in [1.165, 1.54) is 13.2 Å². The zero-order chi connectivity index (χ0) is 13.7. The van der Waals surface area contributed by atoms with Crippen LogP contribution in [0.3, 0.4) is 0 Å². The standard InChI is InChI=1S/C14H18FNO3/c1-18-14(17)13(10-6-8-19-9-7-10)16-12-5-3-2-4-11(12)15/h2-5,10,13,16H,6-9H2,1H3. The number of rotatable bonds is 4. The Kier molecular flexibility index (Phi) is 4.74. The maximum atomic E-state index is 13.6. The topological polar surface area (TPSA) is 47.6 Å². The maximum absolute atomic E-state index is 13.6. The van der Waals surface area contributed by atoms with Crippen molar-refractivity contribution in [1.82, 2.24) is 0 Å². The molecular weight excluding hydrogens is 249 g/mol. The van der Waals surface area contributed by atoms with Gasteiger partial charge in [-0.1, -0.05) is 12.1 Å². The first-order valence-electron chi connectivity index (χ1n) is 6.39. The van der Waals surface area contributed by atoms with Crippen molar-refractivity contribution in [2.24, 2.45) is 5.92 Å². The van der Waals surface area contributed by atoms with Gasteiger partial charge in [0, 0.05) is 13.2 Å². The molecule has 1 saturated heterocycles. The molecule has 5 heteroatoms. The SMILES string of the molecule is COC(=O)C(Nc1ccccc1F)C1CCOCC1. The molecule has 1 heterocycles. The lowest BCUT2D eigenvalue weighted by Gasteiger charge is -2.29. The summed E-state index contributed by atoms with van der Waals surface area (Å²) in [5.41, 5.74) is 0.324. The number of carbonyl (C=O) groups excluding carboxylic acids is 1. The first-order chi connectivity index (χ1) is 9.22. The van der Waals surface area contributed by atoms with Gasteiger partial charge in [-0.05, 0) is 30.9 Å². The van der Waals surface area contributed by atoms with Gasteiger partial charge in [0.05, 0.1) is 12.8 Å². The number of anilines is 1. The highest BCUT2D eigenvalue weighted by atomic mass is 19.1. The molecule has 1 aliphatic rings. The van der Waals surface area contributed by atoms with Crippen LogP contribution in [-0.4, -0.2) is 32.3 Å². The van der Waals surface area contributed by atoms with Gasteiger partial charge in [0.2, 0.25) is 0 Å². The summed E-state index contributed by atoms with van der Waals surface area (Å²) < 4.78 is 23.7. The van der Waals surface area contributed by atoms with Gasteiger partial charge in [-0.15, -0.1) is 0 Å². The number of esters is 1. The maximum Gasteiger partial charge on any atom is 0.328 e. The molecule has 1 aliphatic heterocycles. The fourth-order valence-corrected chi connectivity index (χ4v) is 2.29. The van der Waals surface area contributed by atoms with Crippen molar-refractivity contribution in [2.45, 2.75) is 18.9 Å². The van der Waals surface area contributed by atoms with E-state index in [1.807, 2.05) is 0 Å². The number of nitrogens with one attached hydrogen (secondary N) is 1. The summed E-state index contributed by atoms with van der Waals surface area (Å²) in [5.74, 6) is -0.639. The number of carbonyl (C=O) groups is 1. The van der Waals surface area contributed by atoms with Crippen molar-refractivity contribution in [1.29, 1.82) is 0 Å². The second-order valence-electron chi connectivity index (χ2n) is 4.57. The quantitative estimate of drug-likeness (QED) is 0.850. The van der Waals surface area contributed by atoms with Crippen LogP contribution < -0.4 is 5.32 Å². The number of ether oxygens (including phenoxy) is 2. The van der Waals surface area contributed by atoms with Gasteiger partial charge in [0.1, 0.15) is 11.9 Å². The molecule has 0 aliphatic carbocycles. The summed E-state index contributed by atoms with van der Waals surface area (Å²) >= 11 is 0. The Morgan fingerprint density at radius 2 is 2.11 bits per heavy atom. The summed E-state index contributed by atoms with van der Waals surface area (Å²) in [7, 11) is 1.34.